The second-order valence-electron chi connectivity index (χ2n) is 2.23. The van der Waals surface area contributed by atoms with Gasteiger partial charge in [-0.3, -0.25) is 0 Å². The van der Waals surface area contributed by atoms with Crippen molar-refractivity contribution in [2.24, 2.45) is 0 Å². The van der Waals surface area contributed by atoms with E-state index in [1.54, 1.807) is 12.5 Å². The topological polar surface area (TPSA) is 18.5 Å². The zero-order valence-corrected chi connectivity index (χ0v) is 5.67. The molecule has 0 aromatic heterocycles. The smallest absolute Gasteiger partial charge is 0.118 e. The van der Waals surface area contributed by atoms with Gasteiger partial charge in [-0.05, 0) is 19.8 Å². The lowest BCUT2D eigenvalue weighted by molar-refractivity contribution is 0.108. The average Bonchev–Trinajstić information content (AvgIpc) is 1.79. The molecule has 0 radical (unpaired) electrons. The van der Waals surface area contributed by atoms with Gasteiger partial charge in [-0.15, -0.1) is 0 Å². The van der Waals surface area contributed by atoms with Gasteiger partial charge in [-0.2, -0.15) is 0 Å². The molecule has 0 bridgehead atoms. The van der Waals surface area contributed by atoms with Gasteiger partial charge in [0, 0.05) is 0 Å². The lowest BCUT2D eigenvalue weighted by atomic mass is 10.2. The molecule has 52 valence electrons. The first-order chi connectivity index (χ1) is 4.39. The summed E-state index contributed by atoms with van der Waals surface area (Å²) in [6.45, 7) is 2.89. The van der Waals surface area contributed by atoms with Crippen LogP contribution in [0.5, 0.6) is 0 Å². The van der Waals surface area contributed by atoms with Crippen LogP contribution in [0.15, 0.2) is 12.5 Å². The maximum Gasteiger partial charge on any atom is 0.118 e. The van der Waals surface area contributed by atoms with Crippen LogP contribution in [-0.4, -0.2) is 12.7 Å². The standard InChI is InChI=1S/C7H12O2/c1-7-3-2-4-8-5-6-9-7/h5-7H,2-4H2,1H3. The fourth-order valence-corrected chi connectivity index (χ4v) is 0.796. The summed E-state index contributed by atoms with van der Waals surface area (Å²) >= 11 is 0. The molecule has 0 saturated carbocycles. The van der Waals surface area contributed by atoms with Crippen LogP contribution in [0, 0.1) is 0 Å². The molecule has 0 aliphatic carbocycles. The molecule has 2 nitrogen and oxygen atoms in total. The minimum atomic E-state index is 0.352. The predicted octanol–water partition coefficient (Wildman–Crippen LogP) is 1.67. The lowest BCUT2D eigenvalue weighted by Gasteiger charge is -2.13. The van der Waals surface area contributed by atoms with Crippen molar-refractivity contribution in [3.63, 3.8) is 0 Å². The molecule has 2 heteroatoms. The molecule has 0 amide bonds. The first kappa shape index (κ1) is 6.46. The fraction of sp³-hybridized carbons (Fsp3) is 0.714. The summed E-state index contributed by atoms with van der Waals surface area (Å²) in [6, 6.07) is 0. The molecular formula is C7H12O2. The van der Waals surface area contributed by atoms with Gasteiger partial charge in [0.2, 0.25) is 0 Å². The van der Waals surface area contributed by atoms with Crippen LogP contribution in [0.4, 0.5) is 0 Å². The van der Waals surface area contributed by atoms with Gasteiger partial charge in [0.1, 0.15) is 12.5 Å². The van der Waals surface area contributed by atoms with Crippen molar-refractivity contribution in [3.8, 4) is 0 Å². The van der Waals surface area contributed by atoms with Gasteiger partial charge in [0.25, 0.3) is 0 Å². The Morgan fingerprint density at radius 1 is 1.44 bits per heavy atom. The Hall–Kier alpha value is -0.660. The third-order valence-corrected chi connectivity index (χ3v) is 1.34. The molecule has 1 aliphatic heterocycles. The maximum atomic E-state index is 5.18. The number of hydrogen-bond donors (Lipinski definition) is 0. The van der Waals surface area contributed by atoms with Gasteiger partial charge < -0.3 is 9.47 Å². The Labute approximate surface area is 55.5 Å². The average molecular weight is 128 g/mol. The summed E-state index contributed by atoms with van der Waals surface area (Å²) in [7, 11) is 0. The van der Waals surface area contributed by atoms with E-state index in [0.29, 0.717) is 6.10 Å². The maximum absolute atomic E-state index is 5.18. The molecule has 0 fully saturated rings. The van der Waals surface area contributed by atoms with Gasteiger partial charge >= 0.3 is 0 Å². The number of hydrogen-bond acceptors (Lipinski definition) is 2. The Morgan fingerprint density at radius 3 is 3.22 bits per heavy atom. The Bertz CT molecular complexity index is 99.1. The van der Waals surface area contributed by atoms with Gasteiger partial charge in [-0.1, -0.05) is 0 Å². The Morgan fingerprint density at radius 2 is 2.33 bits per heavy atom. The van der Waals surface area contributed by atoms with Crippen molar-refractivity contribution in [3.05, 3.63) is 12.5 Å². The minimum Gasteiger partial charge on any atom is -0.498 e. The van der Waals surface area contributed by atoms with Crippen LogP contribution < -0.4 is 0 Å². The third kappa shape index (κ3) is 2.40. The molecule has 0 spiro atoms. The lowest BCUT2D eigenvalue weighted by Crippen LogP contribution is -2.07. The molecule has 9 heavy (non-hydrogen) atoms. The molecule has 0 aromatic carbocycles. The Balaban J connectivity index is 2.28. The van der Waals surface area contributed by atoms with Crippen LogP contribution in [0.1, 0.15) is 19.8 Å². The van der Waals surface area contributed by atoms with Crippen molar-refractivity contribution in [1.82, 2.24) is 0 Å². The highest BCUT2D eigenvalue weighted by atomic mass is 16.5. The summed E-state index contributed by atoms with van der Waals surface area (Å²) in [5.74, 6) is 0. The van der Waals surface area contributed by atoms with Crippen LogP contribution in [0.3, 0.4) is 0 Å². The minimum absolute atomic E-state index is 0.352. The van der Waals surface area contributed by atoms with E-state index in [4.69, 9.17) is 9.47 Å². The third-order valence-electron chi connectivity index (χ3n) is 1.34. The number of rotatable bonds is 0. The van der Waals surface area contributed by atoms with E-state index >= 15 is 0 Å². The van der Waals surface area contributed by atoms with E-state index in [0.717, 1.165) is 19.4 Å². The van der Waals surface area contributed by atoms with Crippen LogP contribution in [0.2, 0.25) is 0 Å². The summed E-state index contributed by atoms with van der Waals surface area (Å²) in [4.78, 5) is 0. The molecule has 1 heterocycles. The summed E-state index contributed by atoms with van der Waals surface area (Å²) in [6.07, 6.45) is 5.75. The first-order valence-corrected chi connectivity index (χ1v) is 3.31. The molecule has 0 saturated heterocycles. The van der Waals surface area contributed by atoms with Crippen LogP contribution >= 0.6 is 0 Å². The summed E-state index contributed by atoms with van der Waals surface area (Å²) in [5, 5.41) is 0. The second-order valence-corrected chi connectivity index (χ2v) is 2.23. The van der Waals surface area contributed by atoms with Crippen molar-refractivity contribution >= 4 is 0 Å². The zero-order chi connectivity index (χ0) is 6.53. The van der Waals surface area contributed by atoms with Gasteiger partial charge in [0.15, 0.2) is 0 Å². The van der Waals surface area contributed by atoms with E-state index in [2.05, 4.69) is 6.92 Å². The van der Waals surface area contributed by atoms with E-state index in [9.17, 15) is 0 Å². The highest BCUT2D eigenvalue weighted by Gasteiger charge is 2.01. The second kappa shape index (κ2) is 3.38. The summed E-state index contributed by atoms with van der Waals surface area (Å²) < 4.78 is 10.2. The van der Waals surface area contributed by atoms with Crippen LogP contribution in [0.25, 0.3) is 0 Å². The predicted molar refractivity (Wildman–Crippen MR) is 34.9 cm³/mol. The first-order valence-electron chi connectivity index (χ1n) is 3.31. The van der Waals surface area contributed by atoms with Gasteiger partial charge in [-0.25, -0.2) is 0 Å². The van der Waals surface area contributed by atoms with E-state index in [1.165, 1.54) is 0 Å². The quantitative estimate of drug-likeness (QED) is 0.494. The fourth-order valence-electron chi connectivity index (χ4n) is 0.796. The number of ether oxygens (including phenoxy) is 2. The van der Waals surface area contributed by atoms with Crippen molar-refractivity contribution in [2.45, 2.75) is 25.9 Å². The van der Waals surface area contributed by atoms with Crippen molar-refractivity contribution in [1.29, 1.82) is 0 Å². The highest BCUT2D eigenvalue weighted by molar-refractivity contribution is 4.66. The SMILES string of the molecule is CC1CCCOC=CO1. The van der Waals surface area contributed by atoms with E-state index in [-0.39, 0.29) is 0 Å². The van der Waals surface area contributed by atoms with E-state index < -0.39 is 0 Å². The van der Waals surface area contributed by atoms with E-state index in [1.807, 2.05) is 0 Å². The summed E-state index contributed by atoms with van der Waals surface area (Å²) in [5.41, 5.74) is 0. The zero-order valence-electron chi connectivity index (χ0n) is 5.67. The molecule has 1 unspecified atom stereocenters. The molecular weight excluding hydrogens is 116 g/mol. The molecule has 1 aliphatic rings. The van der Waals surface area contributed by atoms with Crippen molar-refractivity contribution < 1.29 is 9.47 Å². The van der Waals surface area contributed by atoms with Crippen LogP contribution in [-0.2, 0) is 9.47 Å². The van der Waals surface area contributed by atoms with Gasteiger partial charge in [0.05, 0.1) is 12.7 Å². The monoisotopic (exact) mass is 128 g/mol. The molecule has 0 N–H and O–H groups in total. The molecule has 1 atom stereocenters. The molecule has 0 aromatic rings. The largest absolute Gasteiger partial charge is 0.498 e. The van der Waals surface area contributed by atoms with Crippen molar-refractivity contribution in [2.75, 3.05) is 6.61 Å². The Kier molecular flexibility index (Phi) is 2.43. The normalized spacial score (nSPS) is 27.4. The molecule has 1 rings (SSSR count). The highest BCUT2D eigenvalue weighted by Crippen LogP contribution is 2.04.